The Kier molecular flexibility index (Phi) is 6.87. The quantitative estimate of drug-likeness (QED) is 0.511. The van der Waals surface area contributed by atoms with E-state index in [4.69, 9.17) is 21.4 Å². The largest absolute Gasteiger partial charge is 0.489 e. The van der Waals surface area contributed by atoms with Crippen LogP contribution in [0.15, 0.2) is 60.7 Å². The fourth-order valence-corrected chi connectivity index (χ4v) is 3.06. The Morgan fingerprint density at radius 1 is 1.03 bits per heavy atom. The molecule has 3 rings (SSSR count). The van der Waals surface area contributed by atoms with Gasteiger partial charge in [-0.05, 0) is 48.9 Å². The van der Waals surface area contributed by atoms with Crippen LogP contribution in [0.1, 0.15) is 44.8 Å². The van der Waals surface area contributed by atoms with E-state index < -0.39 is 29.6 Å². The summed E-state index contributed by atoms with van der Waals surface area (Å²) in [6.45, 7) is 1.70. The second kappa shape index (κ2) is 9.57. The number of benzene rings is 3. The molecule has 0 aromatic heterocycles. The van der Waals surface area contributed by atoms with Crippen LogP contribution in [-0.4, -0.2) is 17.0 Å². The van der Waals surface area contributed by atoms with Gasteiger partial charge in [-0.3, -0.25) is 4.79 Å². The average Bonchev–Trinajstić information content (AvgIpc) is 2.75. The molecule has 0 saturated carbocycles. The van der Waals surface area contributed by atoms with Crippen molar-refractivity contribution in [3.8, 4) is 5.75 Å². The van der Waals surface area contributed by atoms with E-state index in [9.17, 15) is 18.4 Å². The molecule has 8 heteroatoms. The van der Waals surface area contributed by atoms with Crippen molar-refractivity contribution in [3.05, 3.63) is 99.6 Å². The maximum atomic E-state index is 13.4. The summed E-state index contributed by atoms with van der Waals surface area (Å²) in [4.78, 5) is 23.8. The number of amides is 1. The van der Waals surface area contributed by atoms with Gasteiger partial charge in [-0.2, -0.15) is 0 Å². The topological polar surface area (TPSA) is 75.6 Å². The number of halogens is 3. The molecule has 160 valence electrons. The summed E-state index contributed by atoms with van der Waals surface area (Å²) in [5, 5.41) is 12.2. The fourth-order valence-electron chi connectivity index (χ4n) is 2.89. The van der Waals surface area contributed by atoms with Gasteiger partial charge in [0, 0.05) is 22.2 Å². The number of ether oxygens (including phenoxy) is 1. The van der Waals surface area contributed by atoms with Gasteiger partial charge in [-0.1, -0.05) is 29.8 Å². The SMILES string of the molecule is CC(NC(=O)c1cc(Cl)ccc1COc1ccc(F)c(F)c1)c1ccc(C(=O)O)cc1. The highest BCUT2D eigenvalue weighted by molar-refractivity contribution is 6.31. The Bertz CT molecular complexity index is 1120. The summed E-state index contributed by atoms with van der Waals surface area (Å²) >= 11 is 6.05. The molecule has 31 heavy (non-hydrogen) atoms. The maximum Gasteiger partial charge on any atom is 0.335 e. The summed E-state index contributed by atoms with van der Waals surface area (Å²) in [7, 11) is 0. The van der Waals surface area contributed by atoms with Crippen molar-refractivity contribution in [1.29, 1.82) is 0 Å². The summed E-state index contributed by atoms with van der Waals surface area (Å²) in [5.74, 6) is -3.35. The van der Waals surface area contributed by atoms with Crippen molar-refractivity contribution in [2.45, 2.75) is 19.6 Å². The minimum atomic E-state index is -1.03. The van der Waals surface area contributed by atoms with Crippen LogP contribution in [0, 0.1) is 11.6 Å². The molecule has 5 nitrogen and oxygen atoms in total. The Hall–Kier alpha value is -3.45. The molecule has 0 fully saturated rings. The van der Waals surface area contributed by atoms with E-state index in [2.05, 4.69) is 5.32 Å². The Morgan fingerprint density at radius 2 is 1.74 bits per heavy atom. The van der Waals surface area contributed by atoms with Crippen molar-refractivity contribution in [2.75, 3.05) is 0 Å². The number of hydrogen-bond donors (Lipinski definition) is 2. The molecule has 0 radical (unpaired) electrons. The second-order valence-electron chi connectivity index (χ2n) is 6.79. The van der Waals surface area contributed by atoms with E-state index in [1.807, 2.05) is 0 Å². The van der Waals surface area contributed by atoms with E-state index in [1.165, 1.54) is 24.3 Å². The summed E-state index contributed by atoms with van der Waals surface area (Å²) < 4.78 is 31.9. The van der Waals surface area contributed by atoms with Crippen LogP contribution >= 0.6 is 11.6 Å². The minimum absolute atomic E-state index is 0.0628. The summed E-state index contributed by atoms with van der Waals surface area (Å²) in [6.07, 6.45) is 0. The molecule has 0 aliphatic heterocycles. The highest BCUT2D eigenvalue weighted by Crippen LogP contribution is 2.22. The van der Waals surface area contributed by atoms with Crippen molar-refractivity contribution >= 4 is 23.5 Å². The van der Waals surface area contributed by atoms with Gasteiger partial charge >= 0.3 is 5.97 Å². The van der Waals surface area contributed by atoms with E-state index in [0.717, 1.165) is 17.7 Å². The van der Waals surface area contributed by atoms with Crippen LogP contribution in [0.25, 0.3) is 0 Å². The highest BCUT2D eigenvalue weighted by atomic mass is 35.5. The molecule has 3 aromatic rings. The molecular formula is C23H18ClF2NO4. The van der Waals surface area contributed by atoms with Crippen LogP contribution in [0.2, 0.25) is 5.02 Å². The first-order chi connectivity index (χ1) is 14.7. The van der Waals surface area contributed by atoms with Gasteiger partial charge in [-0.15, -0.1) is 0 Å². The number of carboxylic acids is 1. The average molecular weight is 446 g/mol. The van der Waals surface area contributed by atoms with Gasteiger partial charge in [0.05, 0.1) is 11.6 Å². The van der Waals surface area contributed by atoms with Crippen molar-refractivity contribution in [1.82, 2.24) is 5.32 Å². The molecule has 0 bridgehead atoms. The first kappa shape index (κ1) is 22.2. The molecule has 1 unspecified atom stereocenters. The number of rotatable bonds is 7. The highest BCUT2D eigenvalue weighted by Gasteiger charge is 2.17. The number of carboxylic acid groups (broad SMARTS) is 1. The van der Waals surface area contributed by atoms with Crippen LogP contribution in [0.4, 0.5) is 8.78 Å². The predicted octanol–water partition coefficient (Wildman–Crippen LogP) is 5.39. The zero-order chi connectivity index (χ0) is 22.5. The van der Waals surface area contributed by atoms with Crippen molar-refractivity contribution < 1.29 is 28.2 Å². The number of carbonyl (C=O) groups excluding carboxylic acids is 1. The summed E-state index contributed by atoms with van der Waals surface area (Å²) in [6, 6.07) is 13.6. The van der Waals surface area contributed by atoms with Gasteiger partial charge in [-0.25, -0.2) is 13.6 Å². The third kappa shape index (κ3) is 5.58. The van der Waals surface area contributed by atoms with Gasteiger partial charge in [0.1, 0.15) is 12.4 Å². The molecule has 0 heterocycles. The Morgan fingerprint density at radius 3 is 2.39 bits per heavy atom. The smallest absolute Gasteiger partial charge is 0.335 e. The molecule has 2 N–H and O–H groups in total. The molecule has 3 aromatic carbocycles. The number of carbonyl (C=O) groups is 2. The molecule has 0 aliphatic carbocycles. The maximum absolute atomic E-state index is 13.4. The minimum Gasteiger partial charge on any atom is -0.489 e. The van der Waals surface area contributed by atoms with Crippen LogP contribution in [-0.2, 0) is 6.61 Å². The van der Waals surface area contributed by atoms with Crippen LogP contribution in [0.5, 0.6) is 5.75 Å². The second-order valence-corrected chi connectivity index (χ2v) is 7.22. The normalized spacial score (nSPS) is 11.6. The lowest BCUT2D eigenvalue weighted by Crippen LogP contribution is -2.27. The molecule has 0 aliphatic rings. The fraction of sp³-hybridized carbons (Fsp3) is 0.130. The first-order valence-electron chi connectivity index (χ1n) is 9.25. The first-order valence-corrected chi connectivity index (χ1v) is 9.63. The van der Waals surface area contributed by atoms with Gasteiger partial charge in [0.25, 0.3) is 5.91 Å². The lowest BCUT2D eigenvalue weighted by atomic mass is 10.0. The monoisotopic (exact) mass is 445 g/mol. The predicted molar refractivity (Wildman–Crippen MR) is 111 cm³/mol. The van der Waals surface area contributed by atoms with E-state index >= 15 is 0 Å². The van der Waals surface area contributed by atoms with Crippen LogP contribution in [0.3, 0.4) is 0 Å². The summed E-state index contributed by atoms with van der Waals surface area (Å²) in [5.41, 5.74) is 1.64. The number of nitrogens with one attached hydrogen (secondary N) is 1. The van der Waals surface area contributed by atoms with E-state index in [0.29, 0.717) is 10.6 Å². The van der Waals surface area contributed by atoms with E-state index in [-0.39, 0.29) is 23.5 Å². The van der Waals surface area contributed by atoms with Crippen molar-refractivity contribution in [2.24, 2.45) is 0 Å². The molecule has 0 spiro atoms. The Labute approximate surface area is 182 Å². The third-order valence-corrected chi connectivity index (χ3v) is 4.84. The van der Waals surface area contributed by atoms with Crippen LogP contribution < -0.4 is 10.1 Å². The molecule has 0 saturated heterocycles. The molecule has 1 atom stereocenters. The van der Waals surface area contributed by atoms with Gasteiger partial charge < -0.3 is 15.2 Å². The number of hydrogen-bond acceptors (Lipinski definition) is 3. The third-order valence-electron chi connectivity index (χ3n) is 4.61. The zero-order valence-corrected chi connectivity index (χ0v) is 17.1. The zero-order valence-electron chi connectivity index (χ0n) is 16.4. The Balaban J connectivity index is 1.74. The van der Waals surface area contributed by atoms with Gasteiger partial charge in [0.15, 0.2) is 11.6 Å². The van der Waals surface area contributed by atoms with E-state index in [1.54, 1.807) is 31.2 Å². The molecule has 1 amide bonds. The van der Waals surface area contributed by atoms with Gasteiger partial charge in [0.2, 0.25) is 0 Å². The molecular weight excluding hydrogens is 428 g/mol. The lowest BCUT2D eigenvalue weighted by molar-refractivity contribution is 0.0696. The lowest BCUT2D eigenvalue weighted by Gasteiger charge is -2.17. The van der Waals surface area contributed by atoms with Crippen molar-refractivity contribution in [3.63, 3.8) is 0 Å². The standard InChI is InChI=1S/C23H18ClF2NO4/c1-13(14-2-4-15(5-3-14)23(29)30)27-22(28)19-10-17(24)7-6-16(19)12-31-18-8-9-20(25)21(26)11-18/h2-11,13H,12H2,1H3,(H,27,28)(H,29,30). The number of aromatic carboxylic acids is 1.